The van der Waals surface area contributed by atoms with E-state index < -0.39 is 0 Å². The smallest absolute Gasteiger partial charge is 0.00698 e. The van der Waals surface area contributed by atoms with E-state index in [1.165, 1.54) is 43.4 Å². The largest absolute Gasteiger partial charge is 0.298 e. The van der Waals surface area contributed by atoms with Gasteiger partial charge < -0.3 is 0 Å². The fourth-order valence-corrected chi connectivity index (χ4v) is 2.93. The molecule has 0 N–H and O–H groups in total. The number of aryl methyl sites for hydroxylation is 1. The van der Waals surface area contributed by atoms with Crippen molar-refractivity contribution in [2.24, 2.45) is 0 Å². The minimum Gasteiger partial charge on any atom is -0.298 e. The molecule has 1 aliphatic heterocycles. The highest BCUT2D eigenvalue weighted by molar-refractivity contribution is 5.21. The Bertz CT molecular complexity index is 331. The molecule has 0 amide bonds. The number of benzene rings is 1. The van der Waals surface area contributed by atoms with Gasteiger partial charge in [-0.25, -0.2) is 0 Å². The summed E-state index contributed by atoms with van der Waals surface area (Å²) in [5.74, 6) is 0. The van der Waals surface area contributed by atoms with Gasteiger partial charge >= 0.3 is 0 Å². The Morgan fingerprint density at radius 3 is 2.24 bits per heavy atom. The molecule has 0 radical (unpaired) electrons. The lowest BCUT2D eigenvalue weighted by atomic mass is 9.97. The molecule has 1 heteroatoms. The van der Waals surface area contributed by atoms with Crippen LogP contribution in [0.3, 0.4) is 0 Å². The van der Waals surface area contributed by atoms with E-state index in [-0.39, 0.29) is 0 Å². The molecule has 1 aliphatic rings. The van der Waals surface area contributed by atoms with Crippen LogP contribution in [0.15, 0.2) is 24.3 Å². The van der Waals surface area contributed by atoms with Gasteiger partial charge in [-0.1, -0.05) is 36.2 Å². The standard InChI is InChI=1S/C16H25N/c1-13-7-9-16(10-8-13)11-12-17-14(2)5-4-6-15(17)3/h7-10,14-15H,4-6,11-12H2,1-3H3. The molecule has 0 saturated carbocycles. The highest BCUT2D eigenvalue weighted by Crippen LogP contribution is 2.22. The summed E-state index contributed by atoms with van der Waals surface area (Å²) >= 11 is 0. The SMILES string of the molecule is Cc1ccc(CCN2C(C)CCCC2C)cc1. The van der Waals surface area contributed by atoms with Crippen LogP contribution in [0.5, 0.6) is 0 Å². The van der Waals surface area contributed by atoms with Gasteiger partial charge in [0.15, 0.2) is 0 Å². The summed E-state index contributed by atoms with van der Waals surface area (Å²) in [5.41, 5.74) is 2.83. The molecule has 1 heterocycles. The Balaban J connectivity index is 1.90. The molecule has 1 aromatic rings. The fraction of sp³-hybridized carbons (Fsp3) is 0.625. The van der Waals surface area contributed by atoms with Gasteiger partial charge in [-0.2, -0.15) is 0 Å². The van der Waals surface area contributed by atoms with Gasteiger partial charge in [0.25, 0.3) is 0 Å². The molecule has 1 nitrogen and oxygen atoms in total. The number of hydrogen-bond acceptors (Lipinski definition) is 1. The summed E-state index contributed by atoms with van der Waals surface area (Å²) < 4.78 is 0. The van der Waals surface area contributed by atoms with Crippen molar-refractivity contribution in [3.63, 3.8) is 0 Å². The minimum absolute atomic E-state index is 0.768. The molecule has 0 spiro atoms. The average molecular weight is 231 g/mol. The Labute approximate surface area is 106 Å². The lowest BCUT2D eigenvalue weighted by Crippen LogP contribution is -2.44. The van der Waals surface area contributed by atoms with Crippen molar-refractivity contribution >= 4 is 0 Å². The average Bonchev–Trinajstić information content (AvgIpc) is 2.31. The van der Waals surface area contributed by atoms with Crippen molar-refractivity contribution in [3.05, 3.63) is 35.4 Å². The van der Waals surface area contributed by atoms with Crippen LogP contribution in [0.4, 0.5) is 0 Å². The van der Waals surface area contributed by atoms with E-state index in [1.54, 1.807) is 0 Å². The highest BCUT2D eigenvalue weighted by atomic mass is 15.2. The van der Waals surface area contributed by atoms with Crippen molar-refractivity contribution in [1.29, 1.82) is 0 Å². The van der Waals surface area contributed by atoms with Crippen molar-refractivity contribution in [2.75, 3.05) is 6.54 Å². The summed E-state index contributed by atoms with van der Waals surface area (Å²) in [5, 5.41) is 0. The molecule has 1 aromatic carbocycles. The van der Waals surface area contributed by atoms with Crippen LogP contribution in [-0.2, 0) is 6.42 Å². The summed E-state index contributed by atoms with van der Waals surface area (Å²) in [6.07, 6.45) is 5.34. The van der Waals surface area contributed by atoms with Gasteiger partial charge in [-0.3, -0.25) is 4.90 Å². The Kier molecular flexibility index (Phi) is 4.22. The van der Waals surface area contributed by atoms with Gasteiger partial charge in [0.2, 0.25) is 0 Å². The van der Waals surface area contributed by atoms with Gasteiger partial charge in [0.1, 0.15) is 0 Å². The molecular formula is C16H25N. The van der Waals surface area contributed by atoms with E-state index in [4.69, 9.17) is 0 Å². The van der Waals surface area contributed by atoms with Crippen LogP contribution in [0.1, 0.15) is 44.2 Å². The second-order valence-electron chi connectivity index (χ2n) is 5.60. The molecule has 2 atom stereocenters. The number of hydrogen-bond donors (Lipinski definition) is 0. The summed E-state index contributed by atoms with van der Waals surface area (Å²) in [7, 11) is 0. The second-order valence-corrected chi connectivity index (χ2v) is 5.60. The maximum atomic E-state index is 2.68. The zero-order valence-corrected chi connectivity index (χ0v) is 11.4. The molecule has 0 aromatic heterocycles. The lowest BCUT2D eigenvalue weighted by molar-refractivity contribution is 0.105. The number of nitrogens with zero attached hydrogens (tertiary/aromatic N) is 1. The molecule has 1 fully saturated rings. The van der Waals surface area contributed by atoms with Crippen LogP contribution in [0.2, 0.25) is 0 Å². The monoisotopic (exact) mass is 231 g/mol. The lowest BCUT2D eigenvalue weighted by Gasteiger charge is -2.39. The Hall–Kier alpha value is -0.820. The Morgan fingerprint density at radius 1 is 1.06 bits per heavy atom. The minimum atomic E-state index is 0.768. The Morgan fingerprint density at radius 2 is 1.65 bits per heavy atom. The normalized spacial score (nSPS) is 26.1. The van der Waals surface area contributed by atoms with Crippen molar-refractivity contribution in [1.82, 2.24) is 4.90 Å². The first-order chi connectivity index (χ1) is 8.16. The number of rotatable bonds is 3. The van der Waals surface area contributed by atoms with Gasteiger partial charge in [0, 0.05) is 18.6 Å². The van der Waals surface area contributed by atoms with E-state index in [0.717, 1.165) is 12.1 Å². The van der Waals surface area contributed by atoms with Gasteiger partial charge in [-0.05, 0) is 45.6 Å². The molecule has 17 heavy (non-hydrogen) atoms. The number of likely N-dealkylation sites (tertiary alicyclic amines) is 1. The van der Waals surface area contributed by atoms with Crippen LogP contribution in [0.25, 0.3) is 0 Å². The number of piperidine rings is 1. The van der Waals surface area contributed by atoms with Gasteiger partial charge in [0.05, 0.1) is 0 Å². The van der Waals surface area contributed by atoms with E-state index in [2.05, 4.69) is 49.9 Å². The van der Waals surface area contributed by atoms with Crippen LogP contribution >= 0.6 is 0 Å². The van der Waals surface area contributed by atoms with E-state index >= 15 is 0 Å². The molecule has 94 valence electrons. The summed E-state index contributed by atoms with van der Waals surface area (Å²) in [6, 6.07) is 10.5. The topological polar surface area (TPSA) is 3.24 Å². The van der Waals surface area contributed by atoms with Crippen molar-refractivity contribution in [3.8, 4) is 0 Å². The third-order valence-corrected chi connectivity index (χ3v) is 4.16. The van der Waals surface area contributed by atoms with Crippen LogP contribution in [0, 0.1) is 6.92 Å². The first-order valence-corrected chi connectivity index (χ1v) is 6.98. The molecule has 0 aliphatic carbocycles. The molecule has 1 saturated heterocycles. The molecule has 0 bridgehead atoms. The maximum Gasteiger partial charge on any atom is 0.00698 e. The quantitative estimate of drug-likeness (QED) is 0.765. The van der Waals surface area contributed by atoms with Crippen LogP contribution < -0.4 is 0 Å². The van der Waals surface area contributed by atoms with E-state index in [0.29, 0.717) is 0 Å². The van der Waals surface area contributed by atoms with Crippen molar-refractivity contribution in [2.45, 2.75) is 58.5 Å². The van der Waals surface area contributed by atoms with Crippen LogP contribution in [-0.4, -0.2) is 23.5 Å². The third-order valence-electron chi connectivity index (χ3n) is 4.16. The first-order valence-electron chi connectivity index (χ1n) is 6.98. The van der Waals surface area contributed by atoms with Crippen molar-refractivity contribution < 1.29 is 0 Å². The summed E-state index contributed by atoms with van der Waals surface area (Å²) in [4.78, 5) is 2.68. The zero-order chi connectivity index (χ0) is 12.3. The predicted molar refractivity (Wildman–Crippen MR) is 74.4 cm³/mol. The predicted octanol–water partition coefficient (Wildman–Crippen LogP) is 3.80. The van der Waals surface area contributed by atoms with E-state index in [1.807, 2.05) is 0 Å². The first kappa shape index (κ1) is 12.6. The zero-order valence-electron chi connectivity index (χ0n) is 11.4. The maximum absolute atomic E-state index is 2.68. The molecule has 2 unspecified atom stereocenters. The fourth-order valence-electron chi connectivity index (χ4n) is 2.93. The van der Waals surface area contributed by atoms with E-state index in [9.17, 15) is 0 Å². The molecule has 2 rings (SSSR count). The second kappa shape index (κ2) is 5.68. The molecular weight excluding hydrogens is 206 g/mol. The third kappa shape index (κ3) is 3.32. The van der Waals surface area contributed by atoms with Gasteiger partial charge in [-0.15, -0.1) is 0 Å². The highest BCUT2D eigenvalue weighted by Gasteiger charge is 2.23. The summed E-state index contributed by atoms with van der Waals surface area (Å²) in [6.45, 7) is 8.12.